The molecule has 1 aromatic carbocycles. The Hall–Kier alpha value is -2.17. The topological polar surface area (TPSA) is 75.3 Å². The van der Waals surface area contributed by atoms with E-state index >= 15 is 0 Å². The number of amides is 1. The number of carbonyl (C=O) groups excluding carboxylic acids is 1. The van der Waals surface area contributed by atoms with Gasteiger partial charge in [-0.2, -0.15) is 22.0 Å². The molecule has 3 aliphatic rings. The van der Waals surface area contributed by atoms with Crippen molar-refractivity contribution in [1.82, 2.24) is 5.32 Å². The second-order valence-corrected chi connectivity index (χ2v) is 12.3. The highest BCUT2D eigenvalue weighted by atomic mass is 32.2. The summed E-state index contributed by atoms with van der Waals surface area (Å²) >= 11 is 0. The van der Waals surface area contributed by atoms with Crippen LogP contribution in [0, 0.1) is 5.41 Å². The van der Waals surface area contributed by atoms with Crippen LogP contribution in [0.2, 0.25) is 0 Å². The number of benzene rings is 1. The molecule has 0 aliphatic heterocycles. The Balaban J connectivity index is 1.93. The van der Waals surface area contributed by atoms with Gasteiger partial charge >= 0.3 is 6.18 Å². The van der Waals surface area contributed by atoms with E-state index in [0.717, 1.165) is 25.1 Å². The maximum absolute atomic E-state index is 14.5. The van der Waals surface area contributed by atoms with Crippen LogP contribution < -0.4 is 10.0 Å². The Bertz CT molecular complexity index is 1070. The van der Waals surface area contributed by atoms with E-state index in [1.54, 1.807) is 0 Å². The average Bonchev–Trinajstić information content (AvgIpc) is 2.53. The summed E-state index contributed by atoms with van der Waals surface area (Å²) in [7, 11) is -4.09. The predicted octanol–water partition coefficient (Wildman–Crippen LogP) is 5.11. The van der Waals surface area contributed by atoms with Crippen molar-refractivity contribution < 1.29 is 35.2 Å². The number of hydrogen-bond donors (Lipinski definition) is 2. The molecule has 0 saturated heterocycles. The molecular weight excluding hydrogens is 455 g/mol. The van der Waals surface area contributed by atoms with Crippen molar-refractivity contribution in [2.75, 3.05) is 4.72 Å². The number of sulfonamides is 1. The van der Waals surface area contributed by atoms with Crippen molar-refractivity contribution in [1.29, 1.82) is 0 Å². The standard InChI is InChI=1S/C21H25F5N2O3S/c1-12(2)20(22,23)13-6-7-14(15(8-13)28-32(30,31)17(3,4)5)16(29)27-19-9-18(10-19,11-19)21(24,25)26/h6-8,28H,1,9-11H2,2-5H3,(H,27,29). The predicted molar refractivity (Wildman–Crippen MR) is 110 cm³/mol. The zero-order valence-electron chi connectivity index (χ0n) is 18.1. The Morgan fingerprint density at radius 2 is 1.59 bits per heavy atom. The van der Waals surface area contributed by atoms with E-state index in [0.29, 0.717) is 0 Å². The first kappa shape index (κ1) is 24.5. The third kappa shape index (κ3) is 3.78. The summed E-state index contributed by atoms with van der Waals surface area (Å²) in [5, 5.41) is 2.54. The molecule has 2 bridgehead atoms. The highest BCUT2D eigenvalue weighted by Gasteiger charge is 2.79. The number of anilines is 1. The quantitative estimate of drug-likeness (QED) is 0.439. The average molecular weight is 480 g/mol. The van der Waals surface area contributed by atoms with Crippen LogP contribution in [0.25, 0.3) is 0 Å². The van der Waals surface area contributed by atoms with Gasteiger partial charge < -0.3 is 5.32 Å². The van der Waals surface area contributed by atoms with Crippen LogP contribution >= 0.6 is 0 Å². The summed E-state index contributed by atoms with van der Waals surface area (Å²) in [6.07, 6.45) is -5.14. The van der Waals surface area contributed by atoms with Gasteiger partial charge in [0.25, 0.3) is 11.8 Å². The first-order valence-electron chi connectivity index (χ1n) is 9.85. The highest BCUT2D eigenvalue weighted by molar-refractivity contribution is 7.94. The molecule has 178 valence electrons. The summed E-state index contributed by atoms with van der Waals surface area (Å²) < 4.78 is 94.3. The number of hydrogen-bond acceptors (Lipinski definition) is 3. The van der Waals surface area contributed by atoms with E-state index in [1.165, 1.54) is 20.8 Å². The second kappa shape index (κ2) is 6.91. The molecule has 5 nitrogen and oxygen atoms in total. The Morgan fingerprint density at radius 1 is 1.06 bits per heavy atom. The monoisotopic (exact) mass is 480 g/mol. The number of carbonyl (C=O) groups is 1. The number of allylic oxidation sites excluding steroid dienone is 1. The number of nitrogens with one attached hydrogen (secondary N) is 2. The van der Waals surface area contributed by atoms with Crippen molar-refractivity contribution in [3.05, 3.63) is 41.5 Å². The van der Waals surface area contributed by atoms with E-state index in [1.807, 2.05) is 0 Å². The van der Waals surface area contributed by atoms with Crippen molar-refractivity contribution in [3.63, 3.8) is 0 Å². The molecule has 0 heterocycles. The summed E-state index contributed by atoms with van der Waals surface area (Å²) in [6, 6.07) is 2.86. The summed E-state index contributed by atoms with van der Waals surface area (Å²) in [5.41, 5.74) is -4.50. The lowest BCUT2D eigenvalue weighted by atomic mass is 9.39. The molecule has 11 heteroatoms. The minimum atomic E-state index is -4.36. The molecule has 3 aliphatic carbocycles. The summed E-state index contributed by atoms with van der Waals surface area (Å²) in [6.45, 7) is 8.52. The largest absolute Gasteiger partial charge is 0.394 e. The van der Waals surface area contributed by atoms with E-state index in [-0.39, 0.29) is 30.5 Å². The van der Waals surface area contributed by atoms with Gasteiger partial charge in [0.05, 0.1) is 21.4 Å². The van der Waals surface area contributed by atoms with E-state index in [2.05, 4.69) is 16.6 Å². The molecule has 3 fully saturated rings. The fourth-order valence-electron chi connectivity index (χ4n) is 4.10. The number of alkyl halides is 5. The molecule has 3 saturated carbocycles. The number of halogens is 5. The van der Waals surface area contributed by atoms with Gasteiger partial charge in [-0.25, -0.2) is 8.42 Å². The van der Waals surface area contributed by atoms with Gasteiger partial charge in [-0.05, 0) is 64.7 Å². The molecular formula is C21H25F5N2O3S. The molecule has 1 amide bonds. The third-order valence-electron chi connectivity index (χ3n) is 6.22. The van der Waals surface area contributed by atoms with E-state index in [9.17, 15) is 35.2 Å². The fraction of sp³-hybridized carbons (Fsp3) is 0.571. The Labute approximate surface area is 183 Å². The van der Waals surface area contributed by atoms with Crippen molar-refractivity contribution in [3.8, 4) is 0 Å². The van der Waals surface area contributed by atoms with Crippen molar-refractivity contribution in [2.24, 2.45) is 5.41 Å². The molecule has 0 aromatic heterocycles. The normalized spacial score (nSPS) is 25.4. The van der Waals surface area contributed by atoms with Crippen LogP contribution in [0.3, 0.4) is 0 Å². The lowest BCUT2D eigenvalue weighted by Crippen LogP contribution is -2.78. The van der Waals surface area contributed by atoms with Crippen LogP contribution in [0.15, 0.2) is 30.4 Å². The molecule has 2 N–H and O–H groups in total. The molecule has 32 heavy (non-hydrogen) atoms. The Kier molecular flexibility index (Phi) is 5.29. The van der Waals surface area contributed by atoms with Gasteiger partial charge in [-0.3, -0.25) is 9.52 Å². The van der Waals surface area contributed by atoms with Gasteiger partial charge in [-0.1, -0.05) is 12.6 Å². The minimum Gasteiger partial charge on any atom is -0.346 e. The van der Waals surface area contributed by atoms with Crippen LogP contribution in [0.5, 0.6) is 0 Å². The first-order chi connectivity index (χ1) is 14.3. The third-order valence-corrected chi connectivity index (χ3v) is 8.32. The maximum atomic E-state index is 14.5. The van der Waals surface area contributed by atoms with E-state index in [4.69, 9.17) is 0 Å². The minimum absolute atomic E-state index is 0.259. The smallest absolute Gasteiger partial charge is 0.346 e. The van der Waals surface area contributed by atoms with Crippen molar-refractivity contribution in [2.45, 2.75) is 69.3 Å². The van der Waals surface area contributed by atoms with Crippen LogP contribution in [-0.2, 0) is 15.9 Å². The van der Waals surface area contributed by atoms with Crippen LogP contribution in [0.1, 0.15) is 62.9 Å². The molecule has 0 atom stereocenters. The molecule has 0 unspecified atom stereocenters. The summed E-state index contributed by atoms with van der Waals surface area (Å²) in [5.74, 6) is -4.32. The lowest BCUT2D eigenvalue weighted by molar-refractivity contribution is -0.336. The van der Waals surface area contributed by atoms with Crippen LogP contribution in [-0.4, -0.2) is 30.8 Å². The zero-order chi connectivity index (χ0) is 24.5. The number of rotatable bonds is 6. The second-order valence-electron chi connectivity index (χ2n) is 9.88. The van der Waals surface area contributed by atoms with Crippen LogP contribution in [0.4, 0.5) is 27.6 Å². The van der Waals surface area contributed by atoms with Gasteiger partial charge in [0.1, 0.15) is 0 Å². The van der Waals surface area contributed by atoms with Gasteiger partial charge in [0, 0.05) is 11.1 Å². The van der Waals surface area contributed by atoms with Gasteiger partial charge in [-0.15, -0.1) is 0 Å². The lowest BCUT2D eigenvalue weighted by Gasteiger charge is -2.70. The molecule has 0 spiro atoms. The molecule has 4 rings (SSSR count). The van der Waals surface area contributed by atoms with Gasteiger partial charge in [0.2, 0.25) is 10.0 Å². The zero-order valence-corrected chi connectivity index (χ0v) is 18.9. The maximum Gasteiger partial charge on any atom is 0.394 e. The summed E-state index contributed by atoms with van der Waals surface area (Å²) in [4.78, 5) is 12.9. The fourth-order valence-corrected chi connectivity index (χ4v) is 4.86. The highest BCUT2D eigenvalue weighted by Crippen LogP contribution is 2.73. The molecule has 1 aromatic rings. The molecule has 0 radical (unpaired) electrons. The van der Waals surface area contributed by atoms with E-state index < -0.39 is 54.9 Å². The van der Waals surface area contributed by atoms with Gasteiger partial charge in [0.15, 0.2) is 0 Å². The van der Waals surface area contributed by atoms with Crippen molar-refractivity contribution >= 4 is 21.6 Å². The Morgan fingerprint density at radius 3 is 2.03 bits per heavy atom. The first-order valence-corrected chi connectivity index (χ1v) is 11.3. The SMILES string of the molecule is C=C(C)C(F)(F)c1ccc(C(=O)NC23CC(C(F)(F)F)(C2)C3)c(NS(=O)(=O)C(C)(C)C)c1.